The van der Waals surface area contributed by atoms with E-state index in [2.05, 4.69) is 10.5 Å². The van der Waals surface area contributed by atoms with Crippen molar-refractivity contribution in [3.8, 4) is 0 Å². The van der Waals surface area contributed by atoms with Gasteiger partial charge >= 0.3 is 0 Å². The number of nitrogens with two attached hydrogens (primary N) is 1. The highest BCUT2D eigenvalue weighted by Gasteiger charge is 2.16. The van der Waals surface area contributed by atoms with Crippen LogP contribution in [0.5, 0.6) is 0 Å². The zero-order valence-corrected chi connectivity index (χ0v) is 8.24. The summed E-state index contributed by atoms with van der Waals surface area (Å²) in [6.07, 6.45) is 0.606. The fourth-order valence-corrected chi connectivity index (χ4v) is 0.793. The fourth-order valence-electron chi connectivity index (χ4n) is 0.793. The standard InChI is InChI=1S/C8H17N3O2/c1-4-6(7(9)11-13)10-8(12)5(2)3/h5-6,13H,4H2,1-3H3,(H2,9,11)(H,10,12). The lowest BCUT2D eigenvalue weighted by Crippen LogP contribution is -2.45. The van der Waals surface area contributed by atoms with Gasteiger partial charge in [0.1, 0.15) is 0 Å². The maximum atomic E-state index is 11.2. The van der Waals surface area contributed by atoms with Gasteiger partial charge in [-0.05, 0) is 6.42 Å². The minimum absolute atomic E-state index is 0.0384. The largest absolute Gasteiger partial charge is 0.409 e. The molecule has 0 saturated carbocycles. The Bertz CT molecular complexity index is 202. The number of hydrogen-bond acceptors (Lipinski definition) is 3. The van der Waals surface area contributed by atoms with Crippen LogP contribution >= 0.6 is 0 Å². The highest BCUT2D eigenvalue weighted by atomic mass is 16.4. The lowest BCUT2D eigenvalue weighted by atomic mass is 10.1. The maximum Gasteiger partial charge on any atom is 0.223 e. The molecule has 1 unspecified atom stereocenters. The first-order chi connectivity index (χ1) is 6.02. The molecule has 5 nitrogen and oxygen atoms in total. The van der Waals surface area contributed by atoms with Crippen molar-refractivity contribution in [2.45, 2.75) is 33.2 Å². The summed E-state index contributed by atoms with van der Waals surface area (Å²) >= 11 is 0. The number of nitrogens with zero attached hydrogens (tertiary/aromatic N) is 1. The Morgan fingerprint density at radius 3 is 2.46 bits per heavy atom. The molecular formula is C8H17N3O2. The molecule has 13 heavy (non-hydrogen) atoms. The van der Waals surface area contributed by atoms with Crippen molar-refractivity contribution < 1.29 is 10.0 Å². The molecule has 0 aliphatic carbocycles. The van der Waals surface area contributed by atoms with Crippen molar-refractivity contribution >= 4 is 11.7 Å². The molecule has 0 bridgehead atoms. The van der Waals surface area contributed by atoms with Crippen LogP contribution < -0.4 is 11.1 Å². The predicted octanol–water partition coefficient (Wildman–Crippen LogP) is 0.284. The van der Waals surface area contributed by atoms with E-state index < -0.39 is 0 Å². The zero-order valence-electron chi connectivity index (χ0n) is 8.24. The van der Waals surface area contributed by atoms with Crippen molar-refractivity contribution in [1.82, 2.24) is 5.32 Å². The molecule has 0 saturated heterocycles. The highest BCUT2D eigenvalue weighted by molar-refractivity contribution is 5.90. The summed E-state index contributed by atoms with van der Waals surface area (Å²) in [6, 6.07) is -0.375. The van der Waals surface area contributed by atoms with E-state index in [1.807, 2.05) is 6.92 Å². The van der Waals surface area contributed by atoms with Crippen molar-refractivity contribution in [3.05, 3.63) is 0 Å². The third kappa shape index (κ3) is 3.78. The SMILES string of the molecule is CCC(NC(=O)C(C)C)/C(N)=N/O. The second-order valence-corrected chi connectivity index (χ2v) is 3.15. The van der Waals surface area contributed by atoms with Gasteiger partial charge in [0.05, 0.1) is 6.04 Å². The number of rotatable bonds is 4. The fraction of sp³-hybridized carbons (Fsp3) is 0.750. The Morgan fingerprint density at radius 2 is 2.15 bits per heavy atom. The predicted molar refractivity (Wildman–Crippen MR) is 50.5 cm³/mol. The molecule has 0 heterocycles. The monoisotopic (exact) mass is 187 g/mol. The molecule has 0 aromatic heterocycles. The molecule has 0 rings (SSSR count). The Morgan fingerprint density at radius 1 is 1.62 bits per heavy atom. The van der Waals surface area contributed by atoms with Gasteiger partial charge in [0.25, 0.3) is 0 Å². The molecular weight excluding hydrogens is 170 g/mol. The van der Waals surface area contributed by atoms with E-state index in [1.165, 1.54) is 0 Å². The number of carbonyl (C=O) groups is 1. The number of amidine groups is 1. The lowest BCUT2D eigenvalue weighted by Gasteiger charge is -2.16. The minimum atomic E-state index is -0.375. The van der Waals surface area contributed by atoms with Crippen LogP contribution in [0.1, 0.15) is 27.2 Å². The molecule has 0 aliphatic rings. The van der Waals surface area contributed by atoms with Crippen LogP contribution in [0.3, 0.4) is 0 Å². The van der Waals surface area contributed by atoms with Gasteiger partial charge in [-0.1, -0.05) is 25.9 Å². The molecule has 1 atom stereocenters. The molecule has 0 aromatic rings. The molecule has 0 spiro atoms. The van der Waals surface area contributed by atoms with E-state index in [1.54, 1.807) is 13.8 Å². The van der Waals surface area contributed by atoms with Crippen LogP contribution in [0, 0.1) is 5.92 Å². The van der Waals surface area contributed by atoms with Gasteiger partial charge in [-0.2, -0.15) is 0 Å². The van der Waals surface area contributed by atoms with Gasteiger partial charge in [-0.3, -0.25) is 4.79 Å². The summed E-state index contributed by atoms with van der Waals surface area (Å²) in [4.78, 5) is 11.2. The molecule has 4 N–H and O–H groups in total. The molecule has 0 fully saturated rings. The normalized spacial score (nSPS) is 14.3. The Labute approximate surface area is 78.0 Å². The molecule has 0 radical (unpaired) electrons. The number of carbonyl (C=O) groups excluding carboxylic acids is 1. The first-order valence-corrected chi connectivity index (χ1v) is 4.30. The first-order valence-electron chi connectivity index (χ1n) is 4.30. The van der Waals surface area contributed by atoms with Crippen LogP contribution in [0.2, 0.25) is 0 Å². The number of hydrogen-bond donors (Lipinski definition) is 3. The second-order valence-electron chi connectivity index (χ2n) is 3.15. The third-order valence-corrected chi connectivity index (χ3v) is 1.72. The molecule has 0 aromatic carbocycles. The minimum Gasteiger partial charge on any atom is -0.409 e. The van der Waals surface area contributed by atoms with Crippen molar-refractivity contribution in [3.63, 3.8) is 0 Å². The van der Waals surface area contributed by atoms with Gasteiger partial charge in [0, 0.05) is 5.92 Å². The average molecular weight is 187 g/mol. The van der Waals surface area contributed by atoms with Gasteiger partial charge in [-0.25, -0.2) is 0 Å². The molecule has 1 amide bonds. The molecule has 0 aliphatic heterocycles. The van der Waals surface area contributed by atoms with Crippen LogP contribution in [-0.2, 0) is 4.79 Å². The quantitative estimate of drug-likeness (QED) is 0.256. The molecule has 76 valence electrons. The van der Waals surface area contributed by atoms with Crippen LogP contribution in [0.15, 0.2) is 5.16 Å². The zero-order chi connectivity index (χ0) is 10.4. The van der Waals surface area contributed by atoms with Crippen molar-refractivity contribution in [1.29, 1.82) is 0 Å². The average Bonchev–Trinajstić information content (AvgIpc) is 2.12. The number of nitrogens with one attached hydrogen (secondary N) is 1. The molecule has 5 heteroatoms. The summed E-state index contributed by atoms with van der Waals surface area (Å²) in [5.41, 5.74) is 5.36. The highest BCUT2D eigenvalue weighted by Crippen LogP contribution is 1.96. The van der Waals surface area contributed by atoms with Crippen molar-refractivity contribution in [2.24, 2.45) is 16.8 Å². The van der Waals surface area contributed by atoms with Gasteiger partial charge in [-0.15, -0.1) is 0 Å². The smallest absolute Gasteiger partial charge is 0.223 e. The van der Waals surface area contributed by atoms with Gasteiger partial charge < -0.3 is 16.3 Å². The summed E-state index contributed by atoms with van der Waals surface area (Å²) in [5.74, 6) is -0.157. The van der Waals surface area contributed by atoms with E-state index >= 15 is 0 Å². The van der Waals surface area contributed by atoms with E-state index in [-0.39, 0.29) is 23.7 Å². The summed E-state index contributed by atoms with van der Waals surface area (Å²) in [5, 5.41) is 13.9. The topological polar surface area (TPSA) is 87.7 Å². The van der Waals surface area contributed by atoms with E-state index in [0.29, 0.717) is 6.42 Å². The van der Waals surface area contributed by atoms with E-state index in [0.717, 1.165) is 0 Å². The third-order valence-electron chi connectivity index (χ3n) is 1.72. The first kappa shape index (κ1) is 11.7. The summed E-state index contributed by atoms with van der Waals surface area (Å²) < 4.78 is 0. The van der Waals surface area contributed by atoms with Crippen LogP contribution in [0.4, 0.5) is 0 Å². The van der Waals surface area contributed by atoms with Gasteiger partial charge in [0.15, 0.2) is 5.84 Å². The van der Waals surface area contributed by atoms with E-state index in [4.69, 9.17) is 10.9 Å². The van der Waals surface area contributed by atoms with E-state index in [9.17, 15) is 4.79 Å². The maximum absolute atomic E-state index is 11.2. The number of oxime groups is 1. The second kappa shape index (κ2) is 5.40. The Balaban J connectivity index is 4.22. The number of amides is 1. The Kier molecular flexibility index (Phi) is 4.87. The van der Waals surface area contributed by atoms with Gasteiger partial charge in [0.2, 0.25) is 5.91 Å². The van der Waals surface area contributed by atoms with Crippen LogP contribution in [0.25, 0.3) is 0 Å². The summed E-state index contributed by atoms with van der Waals surface area (Å²) in [6.45, 7) is 5.42. The van der Waals surface area contributed by atoms with Crippen LogP contribution in [-0.4, -0.2) is 23.0 Å². The lowest BCUT2D eigenvalue weighted by molar-refractivity contribution is -0.124. The Hall–Kier alpha value is -1.26. The summed E-state index contributed by atoms with van der Waals surface area (Å²) in [7, 11) is 0. The van der Waals surface area contributed by atoms with Crippen molar-refractivity contribution in [2.75, 3.05) is 0 Å².